The molecule has 1 aromatic carbocycles. The fourth-order valence-corrected chi connectivity index (χ4v) is 2.38. The molecule has 0 aromatic heterocycles. The predicted molar refractivity (Wildman–Crippen MR) is 83.2 cm³/mol. The average Bonchev–Trinajstić information content (AvgIpc) is 2.53. The summed E-state index contributed by atoms with van der Waals surface area (Å²) in [6.07, 6.45) is 5.49. The standard InChI is InChI=1S/C17H25NO3/c1-5-6-7-8-9-13(12-18)14-10-15(19-2)17(21-4)16(11-14)20-3/h10-11,13H,5-9H2,1-4H3. The van der Waals surface area contributed by atoms with E-state index in [2.05, 4.69) is 13.0 Å². The maximum absolute atomic E-state index is 9.43. The zero-order valence-electron chi connectivity index (χ0n) is 13.4. The van der Waals surface area contributed by atoms with Crippen molar-refractivity contribution in [2.24, 2.45) is 0 Å². The van der Waals surface area contributed by atoms with Crippen molar-refractivity contribution in [2.75, 3.05) is 21.3 Å². The van der Waals surface area contributed by atoms with Gasteiger partial charge < -0.3 is 14.2 Å². The summed E-state index contributed by atoms with van der Waals surface area (Å²) in [5, 5.41) is 9.43. The number of methoxy groups -OCH3 is 3. The first-order valence-corrected chi connectivity index (χ1v) is 7.41. The van der Waals surface area contributed by atoms with Crippen LogP contribution in [0.4, 0.5) is 0 Å². The Bertz CT molecular complexity index is 454. The largest absolute Gasteiger partial charge is 0.493 e. The molecule has 0 aliphatic heterocycles. The first-order chi connectivity index (χ1) is 10.2. The minimum Gasteiger partial charge on any atom is -0.493 e. The van der Waals surface area contributed by atoms with E-state index in [1.54, 1.807) is 21.3 Å². The Kier molecular flexibility index (Phi) is 7.45. The molecule has 0 spiro atoms. The Hall–Kier alpha value is -1.89. The third-order valence-corrected chi connectivity index (χ3v) is 3.59. The maximum atomic E-state index is 9.43. The molecule has 0 saturated heterocycles. The second-order valence-electron chi connectivity index (χ2n) is 4.99. The molecule has 0 aliphatic carbocycles. The van der Waals surface area contributed by atoms with Gasteiger partial charge in [-0.15, -0.1) is 0 Å². The Morgan fingerprint density at radius 1 is 1.00 bits per heavy atom. The Morgan fingerprint density at radius 3 is 2.05 bits per heavy atom. The summed E-state index contributed by atoms with van der Waals surface area (Å²) in [6.45, 7) is 2.18. The summed E-state index contributed by atoms with van der Waals surface area (Å²) in [4.78, 5) is 0. The average molecular weight is 291 g/mol. The summed E-state index contributed by atoms with van der Waals surface area (Å²) >= 11 is 0. The smallest absolute Gasteiger partial charge is 0.203 e. The van der Waals surface area contributed by atoms with E-state index in [9.17, 15) is 5.26 Å². The van der Waals surface area contributed by atoms with Crippen LogP contribution in [0, 0.1) is 11.3 Å². The van der Waals surface area contributed by atoms with E-state index in [1.165, 1.54) is 19.3 Å². The molecule has 116 valence electrons. The minimum absolute atomic E-state index is 0.143. The van der Waals surface area contributed by atoms with E-state index in [0.717, 1.165) is 18.4 Å². The summed E-state index contributed by atoms with van der Waals surface area (Å²) in [5.74, 6) is 1.61. The van der Waals surface area contributed by atoms with Crippen molar-refractivity contribution < 1.29 is 14.2 Å². The lowest BCUT2D eigenvalue weighted by atomic mass is 9.93. The molecule has 4 nitrogen and oxygen atoms in total. The molecule has 1 unspecified atom stereocenters. The van der Waals surface area contributed by atoms with Gasteiger partial charge in [-0.1, -0.05) is 32.6 Å². The van der Waals surface area contributed by atoms with E-state index in [1.807, 2.05) is 12.1 Å². The van der Waals surface area contributed by atoms with Gasteiger partial charge in [0, 0.05) is 0 Å². The summed E-state index contributed by atoms with van der Waals surface area (Å²) in [7, 11) is 4.75. The molecule has 1 aromatic rings. The highest BCUT2D eigenvalue weighted by Crippen LogP contribution is 2.40. The Balaban J connectivity index is 2.96. The number of rotatable bonds is 9. The van der Waals surface area contributed by atoms with E-state index in [-0.39, 0.29) is 5.92 Å². The van der Waals surface area contributed by atoms with E-state index < -0.39 is 0 Å². The molecule has 4 heteroatoms. The lowest BCUT2D eigenvalue weighted by molar-refractivity contribution is 0.323. The molecule has 0 saturated carbocycles. The SMILES string of the molecule is CCCCCCC(C#N)c1cc(OC)c(OC)c(OC)c1. The number of hydrogen-bond acceptors (Lipinski definition) is 4. The van der Waals surface area contributed by atoms with Crippen molar-refractivity contribution in [3.63, 3.8) is 0 Å². The normalized spacial score (nSPS) is 11.6. The van der Waals surface area contributed by atoms with Crippen LogP contribution in [0.3, 0.4) is 0 Å². The second kappa shape index (κ2) is 9.12. The number of unbranched alkanes of at least 4 members (excludes halogenated alkanes) is 3. The summed E-state index contributed by atoms with van der Waals surface area (Å²) in [5.41, 5.74) is 0.920. The minimum atomic E-state index is -0.143. The van der Waals surface area contributed by atoms with Gasteiger partial charge in [0.2, 0.25) is 5.75 Å². The first-order valence-electron chi connectivity index (χ1n) is 7.41. The monoisotopic (exact) mass is 291 g/mol. The Morgan fingerprint density at radius 2 is 1.62 bits per heavy atom. The maximum Gasteiger partial charge on any atom is 0.203 e. The predicted octanol–water partition coefficient (Wildman–Crippen LogP) is 4.29. The molecule has 0 N–H and O–H groups in total. The number of hydrogen-bond donors (Lipinski definition) is 0. The first kappa shape index (κ1) is 17.2. The van der Waals surface area contributed by atoms with Crippen LogP contribution in [-0.2, 0) is 0 Å². The Labute approximate surface area is 127 Å². The third kappa shape index (κ3) is 4.56. The van der Waals surface area contributed by atoms with Crippen LogP contribution < -0.4 is 14.2 Å². The van der Waals surface area contributed by atoms with Crippen molar-refractivity contribution >= 4 is 0 Å². The fraction of sp³-hybridized carbons (Fsp3) is 0.588. The second-order valence-corrected chi connectivity index (χ2v) is 4.99. The molecular formula is C17H25NO3. The highest BCUT2D eigenvalue weighted by Gasteiger charge is 2.18. The van der Waals surface area contributed by atoms with Gasteiger partial charge in [-0.25, -0.2) is 0 Å². The van der Waals surface area contributed by atoms with Gasteiger partial charge in [0.25, 0.3) is 0 Å². The fourth-order valence-electron chi connectivity index (χ4n) is 2.38. The van der Waals surface area contributed by atoms with Crippen molar-refractivity contribution in [1.82, 2.24) is 0 Å². The number of ether oxygens (including phenoxy) is 3. The van der Waals surface area contributed by atoms with Gasteiger partial charge in [0.15, 0.2) is 11.5 Å². The van der Waals surface area contributed by atoms with E-state index in [0.29, 0.717) is 17.2 Å². The molecular weight excluding hydrogens is 266 g/mol. The molecule has 0 aliphatic rings. The van der Waals surface area contributed by atoms with Crippen molar-refractivity contribution in [3.05, 3.63) is 17.7 Å². The van der Waals surface area contributed by atoms with E-state index in [4.69, 9.17) is 14.2 Å². The summed E-state index contributed by atoms with van der Waals surface area (Å²) < 4.78 is 16.0. The topological polar surface area (TPSA) is 51.5 Å². The molecule has 1 atom stereocenters. The zero-order chi connectivity index (χ0) is 15.7. The van der Waals surface area contributed by atoms with E-state index >= 15 is 0 Å². The van der Waals surface area contributed by atoms with Crippen LogP contribution in [0.2, 0.25) is 0 Å². The molecule has 0 heterocycles. The third-order valence-electron chi connectivity index (χ3n) is 3.59. The van der Waals surface area contributed by atoms with Crippen LogP contribution >= 0.6 is 0 Å². The molecule has 0 radical (unpaired) electrons. The van der Waals surface area contributed by atoms with Crippen LogP contribution in [-0.4, -0.2) is 21.3 Å². The van der Waals surface area contributed by atoms with Crippen LogP contribution in [0.15, 0.2) is 12.1 Å². The lowest BCUT2D eigenvalue weighted by Gasteiger charge is -2.16. The van der Waals surface area contributed by atoms with Crippen LogP contribution in [0.25, 0.3) is 0 Å². The van der Waals surface area contributed by atoms with Gasteiger partial charge >= 0.3 is 0 Å². The highest BCUT2D eigenvalue weighted by molar-refractivity contribution is 5.55. The number of nitriles is 1. The van der Waals surface area contributed by atoms with Crippen LogP contribution in [0.1, 0.15) is 50.5 Å². The quantitative estimate of drug-likeness (QED) is 0.637. The van der Waals surface area contributed by atoms with Crippen molar-refractivity contribution in [3.8, 4) is 23.3 Å². The molecule has 0 fully saturated rings. The molecule has 21 heavy (non-hydrogen) atoms. The van der Waals surface area contributed by atoms with Gasteiger partial charge in [-0.05, 0) is 24.1 Å². The van der Waals surface area contributed by atoms with Crippen molar-refractivity contribution in [2.45, 2.75) is 44.9 Å². The highest BCUT2D eigenvalue weighted by atomic mass is 16.5. The molecule has 0 bridgehead atoms. The summed E-state index contributed by atoms with van der Waals surface area (Å²) in [6, 6.07) is 6.12. The van der Waals surface area contributed by atoms with Crippen molar-refractivity contribution in [1.29, 1.82) is 5.26 Å². The number of nitrogens with zero attached hydrogens (tertiary/aromatic N) is 1. The van der Waals surface area contributed by atoms with Gasteiger partial charge in [-0.3, -0.25) is 0 Å². The number of benzene rings is 1. The van der Waals surface area contributed by atoms with Gasteiger partial charge in [0.1, 0.15) is 0 Å². The van der Waals surface area contributed by atoms with Crippen LogP contribution in [0.5, 0.6) is 17.2 Å². The molecule has 0 amide bonds. The van der Waals surface area contributed by atoms with Gasteiger partial charge in [0.05, 0.1) is 33.3 Å². The zero-order valence-corrected chi connectivity index (χ0v) is 13.4. The molecule has 1 rings (SSSR count). The lowest BCUT2D eigenvalue weighted by Crippen LogP contribution is -2.01. The van der Waals surface area contributed by atoms with Gasteiger partial charge in [-0.2, -0.15) is 5.26 Å².